The standard InChI is InChI=1S/C25H25N7O4S/c1-34-21-12-18(13-22(14-21)35-2)28-23(33)16-37-25-31-30-24(32(25)26)29-27-15-17-7-6-10-20(11-17)36-19-8-4-3-5-9-19/h3-15H,16,26H2,1-2H3,(H,28,33)(H,29,30)/b27-15+. The molecule has 0 radical (unpaired) electrons. The molecule has 4 rings (SSSR count). The second-order valence-corrected chi connectivity index (χ2v) is 8.41. The summed E-state index contributed by atoms with van der Waals surface area (Å²) in [6.45, 7) is 0. The van der Waals surface area contributed by atoms with Gasteiger partial charge in [0.1, 0.15) is 23.0 Å². The van der Waals surface area contributed by atoms with Crippen molar-refractivity contribution in [2.24, 2.45) is 5.10 Å². The van der Waals surface area contributed by atoms with Gasteiger partial charge < -0.3 is 25.4 Å². The first kappa shape index (κ1) is 25.4. The van der Waals surface area contributed by atoms with Crippen molar-refractivity contribution in [1.82, 2.24) is 14.9 Å². The number of benzene rings is 3. The highest BCUT2D eigenvalue weighted by Gasteiger charge is 2.13. The third-order valence-corrected chi connectivity index (χ3v) is 5.79. The number of para-hydroxylation sites is 1. The first-order valence-corrected chi connectivity index (χ1v) is 12.0. The van der Waals surface area contributed by atoms with Crippen LogP contribution < -0.4 is 30.8 Å². The summed E-state index contributed by atoms with van der Waals surface area (Å²) >= 11 is 1.13. The van der Waals surface area contributed by atoms with Crippen LogP contribution in [-0.4, -0.2) is 47.0 Å². The highest BCUT2D eigenvalue weighted by molar-refractivity contribution is 7.99. The molecule has 1 amide bonds. The second kappa shape index (κ2) is 12.3. The molecule has 1 heterocycles. The lowest BCUT2D eigenvalue weighted by Crippen LogP contribution is -2.17. The van der Waals surface area contributed by atoms with Gasteiger partial charge in [-0.3, -0.25) is 4.79 Å². The number of thioether (sulfide) groups is 1. The van der Waals surface area contributed by atoms with Crippen LogP contribution in [0.4, 0.5) is 11.6 Å². The number of amides is 1. The lowest BCUT2D eigenvalue weighted by Gasteiger charge is -2.09. The maximum atomic E-state index is 12.4. The Balaban J connectivity index is 1.30. The van der Waals surface area contributed by atoms with Gasteiger partial charge in [0.05, 0.1) is 26.2 Å². The number of aromatic nitrogens is 3. The molecule has 3 aromatic carbocycles. The Hall–Kier alpha value is -4.71. The molecule has 0 fully saturated rings. The maximum Gasteiger partial charge on any atom is 0.264 e. The second-order valence-electron chi connectivity index (χ2n) is 7.47. The smallest absolute Gasteiger partial charge is 0.264 e. The van der Waals surface area contributed by atoms with Crippen LogP contribution in [0.25, 0.3) is 0 Å². The zero-order valence-corrected chi connectivity index (χ0v) is 20.9. The molecule has 0 unspecified atom stereocenters. The van der Waals surface area contributed by atoms with Gasteiger partial charge in [-0.25, -0.2) is 10.1 Å². The molecule has 0 bridgehead atoms. The average Bonchev–Trinajstić information content (AvgIpc) is 3.27. The molecule has 0 spiro atoms. The van der Waals surface area contributed by atoms with E-state index in [0.717, 1.165) is 23.1 Å². The van der Waals surface area contributed by atoms with Crippen molar-refractivity contribution in [3.63, 3.8) is 0 Å². The van der Waals surface area contributed by atoms with Crippen molar-refractivity contribution in [3.8, 4) is 23.0 Å². The SMILES string of the molecule is COc1cc(NC(=O)CSc2nnc(N/N=C/c3cccc(Oc4ccccc4)c3)n2N)cc(OC)c1. The molecule has 1 aromatic heterocycles. The number of ether oxygens (including phenoxy) is 3. The molecule has 0 atom stereocenters. The summed E-state index contributed by atoms with van der Waals surface area (Å²) < 4.78 is 17.5. The van der Waals surface area contributed by atoms with Crippen molar-refractivity contribution in [2.45, 2.75) is 5.16 Å². The summed E-state index contributed by atoms with van der Waals surface area (Å²) in [7, 11) is 3.08. The van der Waals surface area contributed by atoms with Gasteiger partial charge in [0.2, 0.25) is 11.1 Å². The van der Waals surface area contributed by atoms with Gasteiger partial charge in [-0.05, 0) is 29.8 Å². The summed E-state index contributed by atoms with van der Waals surface area (Å²) in [6, 6.07) is 22.1. The maximum absolute atomic E-state index is 12.4. The molecule has 37 heavy (non-hydrogen) atoms. The van der Waals surface area contributed by atoms with E-state index in [9.17, 15) is 4.79 Å². The first-order chi connectivity index (χ1) is 18.0. The third-order valence-electron chi connectivity index (χ3n) is 4.85. The Labute approximate surface area is 217 Å². The van der Waals surface area contributed by atoms with E-state index in [1.165, 1.54) is 18.9 Å². The Kier molecular flexibility index (Phi) is 8.45. The quantitative estimate of drug-likeness (QED) is 0.116. The zero-order valence-electron chi connectivity index (χ0n) is 20.1. The first-order valence-electron chi connectivity index (χ1n) is 11.0. The zero-order chi connectivity index (χ0) is 26.0. The van der Waals surface area contributed by atoms with E-state index in [2.05, 4.69) is 26.0 Å². The molecule has 12 heteroatoms. The number of hydrogen-bond acceptors (Lipinski definition) is 10. The van der Waals surface area contributed by atoms with E-state index < -0.39 is 0 Å². The minimum atomic E-state index is -0.256. The number of methoxy groups -OCH3 is 2. The van der Waals surface area contributed by atoms with Crippen LogP contribution in [0.2, 0.25) is 0 Å². The van der Waals surface area contributed by atoms with E-state index in [0.29, 0.717) is 28.1 Å². The van der Waals surface area contributed by atoms with Crippen LogP contribution in [0.15, 0.2) is 83.1 Å². The number of carbonyl (C=O) groups is 1. The molecule has 0 saturated carbocycles. The van der Waals surface area contributed by atoms with Gasteiger partial charge in [0.25, 0.3) is 5.95 Å². The predicted molar refractivity (Wildman–Crippen MR) is 143 cm³/mol. The van der Waals surface area contributed by atoms with E-state index in [-0.39, 0.29) is 17.6 Å². The molecule has 0 saturated heterocycles. The van der Waals surface area contributed by atoms with Crippen LogP contribution in [0.5, 0.6) is 23.0 Å². The number of hydrogen-bond donors (Lipinski definition) is 3. The minimum Gasteiger partial charge on any atom is -0.497 e. The fourth-order valence-corrected chi connectivity index (χ4v) is 3.76. The van der Waals surface area contributed by atoms with Gasteiger partial charge in [0, 0.05) is 23.9 Å². The van der Waals surface area contributed by atoms with Crippen molar-refractivity contribution >= 4 is 35.5 Å². The van der Waals surface area contributed by atoms with Crippen molar-refractivity contribution in [1.29, 1.82) is 0 Å². The Morgan fingerprint density at radius 3 is 2.43 bits per heavy atom. The lowest BCUT2D eigenvalue weighted by molar-refractivity contribution is -0.113. The van der Waals surface area contributed by atoms with Crippen LogP contribution in [0, 0.1) is 0 Å². The largest absolute Gasteiger partial charge is 0.497 e. The monoisotopic (exact) mass is 519 g/mol. The highest BCUT2D eigenvalue weighted by atomic mass is 32.2. The molecular weight excluding hydrogens is 494 g/mol. The fraction of sp³-hybridized carbons (Fsp3) is 0.120. The van der Waals surface area contributed by atoms with Gasteiger partial charge >= 0.3 is 0 Å². The Bertz CT molecular complexity index is 1360. The van der Waals surface area contributed by atoms with E-state index in [1.54, 1.807) is 24.4 Å². The Morgan fingerprint density at radius 1 is 0.973 bits per heavy atom. The normalized spacial score (nSPS) is 10.8. The van der Waals surface area contributed by atoms with Gasteiger partial charge in [-0.15, -0.1) is 10.2 Å². The molecule has 11 nitrogen and oxygen atoms in total. The molecule has 0 aliphatic heterocycles. The van der Waals surface area contributed by atoms with Gasteiger partial charge in [-0.2, -0.15) is 5.10 Å². The predicted octanol–water partition coefficient (Wildman–Crippen LogP) is 3.98. The van der Waals surface area contributed by atoms with E-state index in [4.69, 9.17) is 20.1 Å². The number of nitrogen functional groups attached to an aromatic ring is 1. The van der Waals surface area contributed by atoms with E-state index >= 15 is 0 Å². The number of nitrogens with zero attached hydrogens (tertiary/aromatic N) is 4. The topological polar surface area (TPSA) is 138 Å². The van der Waals surface area contributed by atoms with Crippen LogP contribution >= 0.6 is 11.8 Å². The van der Waals surface area contributed by atoms with Crippen LogP contribution in [0.3, 0.4) is 0 Å². The van der Waals surface area contributed by atoms with Gasteiger partial charge in [0.15, 0.2) is 0 Å². The molecule has 0 aliphatic rings. The number of nitrogens with one attached hydrogen (secondary N) is 2. The highest BCUT2D eigenvalue weighted by Crippen LogP contribution is 2.26. The number of nitrogens with two attached hydrogens (primary N) is 1. The van der Waals surface area contributed by atoms with E-state index in [1.807, 2.05) is 54.6 Å². The summed E-state index contributed by atoms with van der Waals surface area (Å²) in [4.78, 5) is 12.4. The molecule has 4 N–H and O–H groups in total. The summed E-state index contributed by atoms with van der Waals surface area (Å²) in [5.74, 6) is 8.64. The van der Waals surface area contributed by atoms with Crippen LogP contribution in [0.1, 0.15) is 5.56 Å². The average molecular weight is 520 g/mol. The van der Waals surface area contributed by atoms with Crippen LogP contribution in [-0.2, 0) is 4.79 Å². The Morgan fingerprint density at radius 2 is 1.70 bits per heavy atom. The summed E-state index contributed by atoms with van der Waals surface area (Å²) in [5, 5.41) is 15.3. The number of rotatable bonds is 11. The fourth-order valence-electron chi connectivity index (χ4n) is 3.11. The summed E-state index contributed by atoms with van der Waals surface area (Å²) in [6.07, 6.45) is 1.61. The lowest BCUT2D eigenvalue weighted by atomic mass is 10.2. The third kappa shape index (κ3) is 7.15. The summed E-state index contributed by atoms with van der Waals surface area (Å²) in [5.41, 5.74) is 4.11. The van der Waals surface area contributed by atoms with Crippen molar-refractivity contribution in [2.75, 3.05) is 36.6 Å². The molecule has 190 valence electrons. The number of hydrazone groups is 1. The minimum absolute atomic E-state index is 0.0618. The number of anilines is 2. The van der Waals surface area contributed by atoms with Crippen molar-refractivity contribution in [3.05, 3.63) is 78.4 Å². The number of carbonyl (C=O) groups excluding carboxylic acids is 1. The molecule has 0 aliphatic carbocycles. The molecule has 4 aromatic rings. The van der Waals surface area contributed by atoms with Gasteiger partial charge in [-0.1, -0.05) is 42.1 Å². The van der Waals surface area contributed by atoms with Crippen molar-refractivity contribution < 1.29 is 19.0 Å². The molecular formula is C25H25N7O4S.